The molecule has 0 aromatic rings. The summed E-state index contributed by atoms with van der Waals surface area (Å²) in [5.41, 5.74) is -7.18. The maximum Gasteiger partial charge on any atom is 0.336 e. The Morgan fingerprint density at radius 2 is 0.977 bits per heavy atom. The maximum atomic E-state index is 16.7. The van der Waals surface area contributed by atoms with Crippen LogP contribution >= 0.6 is 0 Å². The summed E-state index contributed by atoms with van der Waals surface area (Å²) in [6.45, 7) is 17.3. The third kappa shape index (κ3) is 18.7. The van der Waals surface area contributed by atoms with Gasteiger partial charge in [-0.25, -0.2) is 4.79 Å². The molecule has 0 aromatic heterocycles. The standard InChI is InChI=1S/C85H136O43/c1-12-81(8,128-71-60(105)50(95)38(91)30-113-71)19-13-14-34(25-86)69(110)121-47-24-85(78(111)127-77-68(58(103)52(97)40(27-88)119-77)126-75-64(109)66(124-74-63(108)55(100)51(96)39(26-87)117-74)65(33(3)116-75)123-73-61(106)53(98)41(28-89)118-73)36(22-79(47,4)5)35-15-16-44-82(9)20-18-46(80(6,7)43(82)17-21-83(44,10)84(35,11)23-45(85)92)122-72-62(107)56(101)54(99)42(120-72)31-114-76-67(57(102)48(93)32(2)115-76)125-70-59(104)49(94)37(90)29-112-70/h12,14-15,32-33,36-68,70-77,86-109H,1,13,16-31H2,2-11H3/b34-14+/t32-,33+,36+,37-,38-,39-,40-,41+,42-,43+,44-,45-,46+,47+,48+,49+,50+,51-,52-,53+,54-,55+,56+,57+,58+,59-,60-,61-,62-,63-,64-,65+,66+,67-,68-,70+,71+,72+,73+,74+,75+,76-,77+,81-,82+,83-,84-,85-/m1/s1. The zero-order valence-corrected chi connectivity index (χ0v) is 73.3. The number of rotatable bonds is 27. The van der Waals surface area contributed by atoms with Crippen molar-refractivity contribution in [3.63, 3.8) is 0 Å². The number of fused-ring (bicyclic) bond motifs is 7. The molecule has 0 spiro atoms. The monoisotopic (exact) mass is 1840 g/mol. The zero-order chi connectivity index (χ0) is 93.8. The van der Waals surface area contributed by atoms with Crippen molar-refractivity contribution in [1.29, 1.82) is 0 Å². The molecule has 128 heavy (non-hydrogen) atoms. The highest BCUT2D eigenvalue weighted by molar-refractivity contribution is 5.89. The zero-order valence-electron chi connectivity index (χ0n) is 73.3. The highest BCUT2D eigenvalue weighted by atomic mass is 16.8. The van der Waals surface area contributed by atoms with Crippen molar-refractivity contribution in [2.75, 3.05) is 46.2 Å². The molecule has 13 aliphatic rings. The molecule has 8 aliphatic heterocycles. The number of ether oxygens (including phenoxy) is 17. The first-order chi connectivity index (χ1) is 60.1. The van der Waals surface area contributed by atoms with Crippen LogP contribution in [-0.4, -0.2) is 432 Å². The van der Waals surface area contributed by atoms with Crippen molar-refractivity contribution in [3.8, 4) is 0 Å². The second kappa shape index (κ2) is 39.6. The minimum absolute atomic E-state index is 0.0102. The summed E-state index contributed by atoms with van der Waals surface area (Å²) in [6.07, 6.45) is -62.5. The van der Waals surface area contributed by atoms with Gasteiger partial charge in [0.05, 0.1) is 81.8 Å². The van der Waals surface area contributed by atoms with Crippen LogP contribution in [0.4, 0.5) is 0 Å². The quantitative estimate of drug-likeness (QED) is 0.0157. The SMILES string of the molecule is C=C[C@](C)(CC/C=C(\CO)C(=O)O[C@H]1C[C@]2(C(=O)O[C@@H]3O[C@H](CO)[C@@H](O)[C@H](O)[C@H]3O[C@@H]3O[C@@H](C)[C@H](O[C@@H]4O[C@@H](CO)[C@H](O)[C@H]4O)[C@@H](O[C@@H]4O[C@H](CO)[C@@H](O)[C@H](O)[C@H]4O)[C@H]3O)[C@H](O)C[C@]3(C)C(=CC[C@@H]4[C@@]5(C)CC[C@H](O[C@@H]6O[C@H](CO[C@@H]7O[C@H](C)[C@H](O)[C@H](O)[C@H]7O[C@@H]7OC[C@@H](O)[C@H](O)[C@H]7O)[C@@H](O)[C@H](O)[C@H]6O)C(C)(C)[C@@H]5CC[C@]43C)[C@@H]2CC1(C)C)O[C@@H]1OC[C@@H](O)[C@H](O)[C@H]1O. The smallest absolute Gasteiger partial charge is 0.336 e. The van der Waals surface area contributed by atoms with Gasteiger partial charge in [-0.05, 0) is 118 Å². The topological polar surface area (TPSA) is 677 Å². The van der Waals surface area contributed by atoms with E-state index in [-0.39, 0.29) is 49.7 Å². The summed E-state index contributed by atoms with van der Waals surface area (Å²) in [5.74, 6) is -3.65. The summed E-state index contributed by atoms with van der Waals surface area (Å²) in [6, 6.07) is 0. The molecule has 8 saturated heterocycles. The summed E-state index contributed by atoms with van der Waals surface area (Å²) < 4.78 is 103. The van der Waals surface area contributed by atoms with Gasteiger partial charge in [0.1, 0.15) is 170 Å². The fraction of sp³-hybridized carbons (Fsp3) is 0.906. The van der Waals surface area contributed by atoms with Crippen LogP contribution in [0.1, 0.15) is 133 Å². The molecule has 13 rings (SSSR count). The van der Waals surface area contributed by atoms with E-state index in [1.165, 1.54) is 26.0 Å². The first-order valence-electron chi connectivity index (χ1n) is 44.3. The molecule has 0 unspecified atom stereocenters. The molecule has 8 heterocycles. The van der Waals surface area contributed by atoms with Crippen molar-refractivity contribution >= 4 is 11.9 Å². The van der Waals surface area contributed by atoms with E-state index in [1.54, 1.807) is 20.8 Å². The molecule has 24 N–H and O–H groups in total. The molecule has 0 bridgehead atoms. The van der Waals surface area contributed by atoms with Crippen LogP contribution in [-0.2, 0) is 90.1 Å². The van der Waals surface area contributed by atoms with E-state index < -0.39 is 348 Å². The average Bonchev–Trinajstić information content (AvgIpc) is 0.748. The minimum Gasteiger partial charge on any atom is -0.458 e. The fourth-order valence-corrected chi connectivity index (χ4v) is 22.8. The molecule has 4 saturated carbocycles. The predicted octanol–water partition coefficient (Wildman–Crippen LogP) is -7.64. The number of hydrogen-bond donors (Lipinski definition) is 24. The molecular weight excluding hydrogens is 1710 g/mol. The largest absolute Gasteiger partial charge is 0.458 e. The molecule has 12 fully saturated rings. The van der Waals surface area contributed by atoms with E-state index >= 15 is 4.79 Å². The van der Waals surface area contributed by atoms with Gasteiger partial charge in [-0.2, -0.15) is 0 Å². The maximum absolute atomic E-state index is 16.7. The summed E-state index contributed by atoms with van der Waals surface area (Å²) >= 11 is 0. The molecule has 0 aromatic carbocycles. The van der Waals surface area contributed by atoms with Crippen LogP contribution in [0.25, 0.3) is 0 Å². The van der Waals surface area contributed by atoms with Crippen LogP contribution in [0, 0.1) is 50.2 Å². The van der Waals surface area contributed by atoms with Crippen molar-refractivity contribution in [2.45, 2.75) is 385 Å². The lowest BCUT2D eigenvalue weighted by atomic mass is 9.33. The molecule has 43 heteroatoms. The molecule has 48 atom stereocenters. The molecule has 5 aliphatic carbocycles. The van der Waals surface area contributed by atoms with E-state index in [0.29, 0.717) is 32.1 Å². The normalized spacial score (nSPS) is 51.3. The number of esters is 2. The second-order valence-corrected chi connectivity index (χ2v) is 39.6. The van der Waals surface area contributed by atoms with Crippen LogP contribution < -0.4 is 0 Å². The molecule has 0 amide bonds. The van der Waals surface area contributed by atoms with Gasteiger partial charge in [0.25, 0.3) is 0 Å². The number of hydrogen-bond acceptors (Lipinski definition) is 43. The van der Waals surface area contributed by atoms with Crippen molar-refractivity contribution in [3.05, 3.63) is 36.0 Å². The van der Waals surface area contributed by atoms with E-state index in [2.05, 4.69) is 33.4 Å². The van der Waals surface area contributed by atoms with Gasteiger partial charge in [-0.15, -0.1) is 6.58 Å². The third-order valence-corrected chi connectivity index (χ3v) is 31.1. The van der Waals surface area contributed by atoms with E-state index in [4.69, 9.17) is 80.5 Å². The van der Waals surface area contributed by atoms with Crippen LogP contribution in [0.5, 0.6) is 0 Å². The Morgan fingerprint density at radius 1 is 0.484 bits per heavy atom. The second-order valence-electron chi connectivity index (χ2n) is 39.6. The number of carbonyl (C=O) groups excluding carboxylic acids is 2. The molecule has 43 nitrogen and oxygen atoms in total. The first kappa shape index (κ1) is 102. The number of aliphatic hydroxyl groups is 24. The van der Waals surface area contributed by atoms with E-state index in [0.717, 1.165) is 5.57 Å². The Balaban J connectivity index is 0.788. The first-order valence-corrected chi connectivity index (χ1v) is 44.3. The van der Waals surface area contributed by atoms with Crippen molar-refractivity contribution in [1.82, 2.24) is 0 Å². The number of aliphatic hydroxyl groups excluding tert-OH is 24. The van der Waals surface area contributed by atoms with Crippen molar-refractivity contribution < 1.29 is 213 Å². The Morgan fingerprint density at radius 3 is 1.58 bits per heavy atom. The Hall–Kier alpha value is -3.40. The highest BCUT2D eigenvalue weighted by Gasteiger charge is 2.74. The lowest BCUT2D eigenvalue weighted by Crippen LogP contribution is -2.70. The molecule has 0 radical (unpaired) electrons. The minimum atomic E-state index is -2.27. The molecular formula is C85H136O43. The fourth-order valence-electron chi connectivity index (χ4n) is 22.8. The van der Waals surface area contributed by atoms with Gasteiger partial charge in [-0.1, -0.05) is 72.3 Å². The summed E-state index contributed by atoms with van der Waals surface area (Å²) in [4.78, 5) is 31.6. The molecule has 734 valence electrons. The predicted molar refractivity (Wildman–Crippen MR) is 424 cm³/mol. The average molecular weight is 1850 g/mol. The Labute approximate surface area is 739 Å². The van der Waals surface area contributed by atoms with Gasteiger partial charge in [0, 0.05) is 11.8 Å². The lowest BCUT2D eigenvalue weighted by Gasteiger charge is -2.72. The van der Waals surface area contributed by atoms with Crippen LogP contribution in [0.15, 0.2) is 36.0 Å². The van der Waals surface area contributed by atoms with E-state index in [9.17, 15) is 127 Å². The Kier molecular flexibility index (Phi) is 31.6. The van der Waals surface area contributed by atoms with Gasteiger partial charge < -0.3 is 203 Å². The lowest BCUT2D eigenvalue weighted by molar-refractivity contribution is -0.390. The highest BCUT2D eigenvalue weighted by Crippen LogP contribution is 2.76. The Bertz CT molecular complexity index is 3810. The number of allylic oxidation sites excluding steroid dienone is 3. The summed E-state index contributed by atoms with van der Waals surface area (Å²) in [7, 11) is 0. The third-order valence-electron chi connectivity index (χ3n) is 31.1. The van der Waals surface area contributed by atoms with Gasteiger partial charge in [-0.3, -0.25) is 4.79 Å². The number of carbonyl (C=O) groups is 2. The van der Waals surface area contributed by atoms with Crippen LogP contribution in [0.2, 0.25) is 0 Å². The summed E-state index contributed by atoms with van der Waals surface area (Å²) in [5, 5.41) is 266. The van der Waals surface area contributed by atoms with Crippen LogP contribution in [0.3, 0.4) is 0 Å². The van der Waals surface area contributed by atoms with Gasteiger partial charge in [0.2, 0.25) is 6.29 Å². The van der Waals surface area contributed by atoms with Gasteiger partial charge in [0.15, 0.2) is 50.1 Å². The van der Waals surface area contributed by atoms with Gasteiger partial charge >= 0.3 is 11.9 Å². The van der Waals surface area contributed by atoms with Crippen molar-refractivity contribution in [2.24, 2.45) is 50.2 Å². The van der Waals surface area contributed by atoms with E-state index in [1.807, 2.05) is 13.8 Å².